The molecule has 0 aliphatic heterocycles. The minimum Gasteiger partial charge on any atom is -0.506 e. The van der Waals surface area contributed by atoms with E-state index in [0.29, 0.717) is 11.3 Å². The highest BCUT2D eigenvalue weighted by molar-refractivity contribution is 6.07. The summed E-state index contributed by atoms with van der Waals surface area (Å²) in [6.07, 6.45) is 0. The third-order valence-electron chi connectivity index (χ3n) is 3.02. The molecule has 1 amide bonds. The molecule has 2 N–H and O–H groups in total. The Labute approximate surface area is 127 Å². The number of phenols is 1. The number of rotatable bonds is 4. The molecule has 0 atom stereocenters. The van der Waals surface area contributed by atoms with E-state index < -0.39 is 11.9 Å². The van der Waals surface area contributed by atoms with Gasteiger partial charge in [0.2, 0.25) is 0 Å². The highest BCUT2D eigenvalue weighted by atomic mass is 16.5. The number of anilines is 1. The zero-order chi connectivity index (χ0) is 16.1. The predicted octanol–water partition coefficient (Wildman–Crippen LogP) is 2.44. The number of nitrogens with one attached hydrogen (secondary N) is 1. The molecule has 2 aromatic rings. The van der Waals surface area contributed by atoms with Crippen molar-refractivity contribution in [2.45, 2.75) is 0 Å². The molecule has 0 aliphatic carbocycles. The molecule has 0 unspecified atom stereocenters. The van der Waals surface area contributed by atoms with Crippen LogP contribution in [0.1, 0.15) is 20.7 Å². The third kappa shape index (κ3) is 3.17. The second-order valence-corrected chi connectivity index (χ2v) is 4.38. The summed E-state index contributed by atoms with van der Waals surface area (Å²) in [5.74, 6) is -0.812. The number of methoxy groups -OCH3 is 2. The number of ether oxygens (including phenoxy) is 2. The lowest BCUT2D eigenvalue weighted by Gasteiger charge is -2.11. The van der Waals surface area contributed by atoms with Gasteiger partial charge in [0, 0.05) is 0 Å². The van der Waals surface area contributed by atoms with Crippen molar-refractivity contribution in [3.05, 3.63) is 53.6 Å². The van der Waals surface area contributed by atoms with Crippen molar-refractivity contribution in [2.24, 2.45) is 0 Å². The van der Waals surface area contributed by atoms with Gasteiger partial charge in [-0.1, -0.05) is 12.1 Å². The zero-order valence-electron chi connectivity index (χ0n) is 12.1. The van der Waals surface area contributed by atoms with E-state index in [4.69, 9.17) is 4.74 Å². The van der Waals surface area contributed by atoms with E-state index in [2.05, 4.69) is 10.1 Å². The van der Waals surface area contributed by atoms with Gasteiger partial charge in [-0.3, -0.25) is 4.79 Å². The first kappa shape index (κ1) is 15.4. The fourth-order valence-corrected chi connectivity index (χ4v) is 1.90. The van der Waals surface area contributed by atoms with Gasteiger partial charge >= 0.3 is 5.97 Å². The van der Waals surface area contributed by atoms with Crippen LogP contribution in [0.2, 0.25) is 0 Å². The number of amides is 1. The highest BCUT2D eigenvalue weighted by Crippen LogP contribution is 2.26. The fourth-order valence-electron chi connectivity index (χ4n) is 1.90. The monoisotopic (exact) mass is 301 g/mol. The van der Waals surface area contributed by atoms with E-state index in [1.807, 2.05) is 0 Å². The van der Waals surface area contributed by atoms with Crippen LogP contribution >= 0.6 is 0 Å². The molecule has 22 heavy (non-hydrogen) atoms. The summed E-state index contributed by atoms with van der Waals surface area (Å²) in [5.41, 5.74) is 0.709. The van der Waals surface area contributed by atoms with Crippen molar-refractivity contribution in [1.82, 2.24) is 0 Å². The zero-order valence-corrected chi connectivity index (χ0v) is 12.1. The van der Waals surface area contributed by atoms with Gasteiger partial charge in [0.25, 0.3) is 5.91 Å². The molecule has 0 saturated carbocycles. The number of aromatic hydroxyl groups is 1. The number of para-hydroxylation sites is 1. The highest BCUT2D eigenvalue weighted by Gasteiger charge is 2.15. The van der Waals surface area contributed by atoms with Crippen LogP contribution < -0.4 is 10.1 Å². The number of hydrogen-bond acceptors (Lipinski definition) is 5. The number of carbonyl (C=O) groups is 2. The molecule has 6 nitrogen and oxygen atoms in total. The maximum Gasteiger partial charge on any atom is 0.337 e. The number of hydrogen-bond donors (Lipinski definition) is 2. The average Bonchev–Trinajstić information content (AvgIpc) is 2.55. The lowest BCUT2D eigenvalue weighted by Crippen LogP contribution is -2.13. The summed E-state index contributed by atoms with van der Waals surface area (Å²) in [4.78, 5) is 23.6. The van der Waals surface area contributed by atoms with Crippen LogP contribution in [-0.2, 0) is 4.74 Å². The Bertz CT molecular complexity index is 711. The van der Waals surface area contributed by atoms with Crippen LogP contribution in [-0.4, -0.2) is 31.2 Å². The molecular weight excluding hydrogens is 286 g/mol. The van der Waals surface area contributed by atoms with Crippen LogP contribution in [0, 0.1) is 0 Å². The van der Waals surface area contributed by atoms with Crippen molar-refractivity contribution < 1.29 is 24.2 Å². The lowest BCUT2D eigenvalue weighted by atomic mass is 10.1. The summed E-state index contributed by atoms with van der Waals surface area (Å²) < 4.78 is 9.67. The van der Waals surface area contributed by atoms with Crippen molar-refractivity contribution in [1.29, 1.82) is 0 Å². The van der Waals surface area contributed by atoms with Crippen LogP contribution in [0.15, 0.2) is 42.5 Å². The molecule has 0 spiro atoms. The van der Waals surface area contributed by atoms with E-state index in [1.54, 1.807) is 24.3 Å². The first-order valence-corrected chi connectivity index (χ1v) is 6.42. The van der Waals surface area contributed by atoms with Gasteiger partial charge in [-0.25, -0.2) is 4.79 Å². The Hall–Kier alpha value is -3.02. The largest absolute Gasteiger partial charge is 0.506 e. The van der Waals surface area contributed by atoms with Gasteiger partial charge in [0.15, 0.2) is 0 Å². The summed E-state index contributed by atoms with van der Waals surface area (Å²) in [6, 6.07) is 10.8. The van der Waals surface area contributed by atoms with Gasteiger partial charge < -0.3 is 19.9 Å². The molecule has 0 saturated heterocycles. The first-order chi connectivity index (χ1) is 10.6. The summed E-state index contributed by atoms with van der Waals surface area (Å²) in [6.45, 7) is 0. The van der Waals surface area contributed by atoms with Gasteiger partial charge in [-0.2, -0.15) is 0 Å². The Morgan fingerprint density at radius 1 is 1.09 bits per heavy atom. The van der Waals surface area contributed by atoms with Gasteiger partial charge in [0.05, 0.1) is 31.0 Å². The van der Waals surface area contributed by atoms with Gasteiger partial charge in [-0.05, 0) is 30.3 Å². The van der Waals surface area contributed by atoms with Crippen molar-refractivity contribution in [3.8, 4) is 11.5 Å². The molecule has 0 heterocycles. The third-order valence-corrected chi connectivity index (χ3v) is 3.02. The van der Waals surface area contributed by atoms with E-state index in [9.17, 15) is 14.7 Å². The van der Waals surface area contributed by atoms with Crippen LogP contribution in [0.3, 0.4) is 0 Å². The second kappa shape index (κ2) is 6.62. The SMILES string of the molecule is COC(=O)c1ccc(NC(=O)c2ccccc2OC)c(O)c1. The topological polar surface area (TPSA) is 84.9 Å². The first-order valence-electron chi connectivity index (χ1n) is 6.42. The number of phenolic OH excluding ortho intramolecular Hbond substituents is 1. The Kier molecular flexibility index (Phi) is 4.63. The minimum atomic E-state index is -0.571. The molecule has 6 heteroatoms. The molecule has 0 aliphatic rings. The minimum absolute atomic E-state index is 0.184. The predicted molar refractivity (Wildman–Crippen MR) is 80.4 cm³/mol. The van der Waals surface area contributed by atoms with Gasteiger partial charge in [-0.15, -0.1) is 0 Å². The molecule has 0 bridgehead atoms. The van der Waals surface area contributed by atoms with Crippen molar-refractivity contribution in [2.75, 3.05) is 19.5 Å². The summed E-state index contributed by atoms with van der Waals surface area (Å²) in [7, 11) is 2.71. The van der Waals surface area contributed by atoms with Crippen LogP contribution in [0.4, 0.5) is 5.69 Å². The molecule has 2 aromatic carbocycles. The fraction of sp³-hybridized carbons (Fsp3) is 0.125. The number of esters is 1. The van der Waals surface area contributed by atoms with Crippen molar-refractivity contribution >= 4 is 17.6 Å². The quantitative estimate of drug-likeness (QED) is 0.669. The molecule has 114 valence electrons. The van der Waals surface area contributed by atoms with Crippen LogP contribution in [0.25, 0.3) is 0 Å². The van der Waals surface area contributed by atoms with E-state index in [1.165, 1.54) is 32.4 Å². The Morgan fingerprint density at radius 2 is 1.82 bits per heavy atom. The number of benzene rings is 2. The summed E-state index contributed by atoms with van der Waals surface area (Å²) in [5, 5.41) is 12.5. The Morgan fingerprint density at radius 3 is 2.45 bits per heavy atom. The average molecular weight is 301 g/mol. The number of carbonyl (C=O) groups excluding carboxylic acids is 2. The summed E-state index contributed by atoms with van der Waals surface area (Å²) >= 11 is 0. The lowest BCUT2D eigenvalue weighted by molar-refractivity contribution is 0.0600. The smallest absolute Gasteiger partial charge is 0.337 e. The maximum atomic E-state index is 12.2. The normalized spacial score (nSPS) is 9.91. The van der Waals surface area contributed by atoms with E-state index >= 15 is 0 Å². The molecule has 0 fully saturated rings. The van der Waals surface area contributed by atoms with Crippen molar-refractivity contribution in [3.63, 3.8) is 0 Å². The standard InChI is InChI=1S/C16H15NO5/c1-21-14-6-4-3-5-11(14)15(19)17-12-8-7-10(9-13(12)18)16(20)22-2/h3-9,18H,1-2H3,(H,17,19). The molecule has 0 radical (unpaired) electrons. The maximum absolute atomic E-state index is 12.2. The molecule has 2 rings (SSSR count). The van der Waals surface area contributed by atoms with Crippen LogP contribution in [0.5, 0.6) is 11.5 Å². The van der Waals surface area contributed by atoms with E-state index in [-0.39, 0.29) is 17.0 Å². The second-order valence-electron chi connectivity index (χ2n) is 4.38. The Balaban J connectivity index is 2.23. The van der Waals surface area contributed by atoms with E-state index in [0.717, 1.165) is 0 Å². The molecular formula is C16H15NO5. The molecule has 0 aromatic heterocycles. The van der Waals surface area contributed by atoms with Gasteiger partial charge in [0.1, 0.15) is 11.5 Å².